The maximum Gasteiger partial charge on any atom is 0 e. The van der Waals surface area contributed by atoms with Gasteiger partial charge in [-0.2, -0.15) is 0 Å². The highest BCUT2D eigenvalue weighted by Crippen LogP contribution is 0.690. The van der Waals surface area contributed by atoms with Gasteiger partial charge in [0.2, 0.25) is 0 Å². The molecule has 0 aliphatic heterocycles. The number of hydrogen-bond donors (Lipinski definition) is 0. The molecular weight excluding hydrogens is 156 g/mol. The van der Waals surface area contributed by atoms with Crippen molar-refractivity contribution in [3.63, 3.8) is 0 Å². The summed E-state index contributed by atoms with van der Waals surface area (Å²) in [6.45, 7) is 0. The lowest BCUT2D eigenvalue weighted by Gasteiger charge is -0.413. The van der Waals surface area contributed by atoms with E-state index in [4.69, 9.17) is 0 Å². The standard InChI is InChI=1S/ClH.Mg.6H2O/h1H;;6*1H2. The van der Waals surface area contributed by atoms with Crippen LogP contribution in [0, 0.1) is 0 Å². The molecule has 0 unspecified atom stereocenters. The summed E-state index contributed by atoms with van der Waals surface area (Å²) in [5.41, 5.74) is 0. The normalized spacial score (nSPS) is 0. The van der Waals surface area contributed by atoms with E-state index in [1.54, 1.807) is 0 Å². The average molecular weight is 169 g/mol. The molecule has 0 aromatic carbocycles. The molecule has 0 aromatic rings. The van der Waals surface area contributed by atoms with Gasteiger partial charge < -0.3 is 32.9 Å². The Kier molecular flexibility index (Phi) is 55100. The van der Waals surface area contributed by atoms with Gasteiger partial charge in [-0.3, -0.25) is 0 Å². The van der Waals surface area contributed by atoms with E-state index >= 15 is 0 Å². The van der Waals surface area contributed by atoms with E-state index in [-0.39, 0.29) is 68.3 Å². The quantitative estimate of drug-likeness (QED) is 0.314. The average Bonchev–Trinajstić information content (AvgIpc) is 0. The van der Waals surface area contributed by atoms with E-state index in [1.807, 2.05) is 0 Å². The Labute approximate surface area is 68.7 Å². The maximum atomic E-state index is 0. The van der Waals surface area contributed by atoms with Gasteiger partial charge in [0, 0.05) is 23.1 Å². The Morgan fingerprint density at radius 2 is 0.375 bits per heavy atom. The third-order valence-electron chi connectivity index (χ3n) is 0. The number of halogens is 1. The summed E-state index contributed by atoms with van der Waals surface area (Å²) >= 11 is 0. The first-order valence-electron chi connectivity index (χ1n) is 0. The Bertz CT molecular complexity index is 8.49. The first-order chi connectivity index (χ1) is 0. The Morgan fingerprint density at radius 3 is 0.375 bits per heavy atom. The first kappa shape index (κ1) is 808. The zero-order valence-electron chi connectivity index (χ0n) is 4.12. The van der Waals surface area contributed by atoms with Crippen molar-refractivity contribution in [2.45, 2.75) is 0 Å². The van der Waals surface area contributed by atoms with Crippen LogP contribution in [0.5, 0.6) is 0 Å². The van der Waals surface area contributed by atoms with Gasteiger partial charge in [0.05, 0.1) is 0 Å². The molecule has 58 valence electrons. The van der Waals surface area contributed by atoms with Crippen molar-refractivity contribution < 1.29 is 32.9 Å². The summed E-state index contributed by atoms with van der Waals surface area (Å²) in [5.74, 6) is 0. The van der Waals surface area contributed by atoms with Gasteiger partial charge in [0.25, 0.3) is 0 Å². The van der Waals surface area contributed by atoms with E-state index in [9.17, 15) is 0 Å². The molecule has 0 fully saturated rings. The second kappa shape index (κ2) is 545. The fourth-order valence-corrected chi connectivity index (χ4v) is 0. The van der Waals surface area contributed by atoms with Crippen LogP contribution >= 0.6 is 12.4 Å². The van der Waals surface area contributed by atoms with Crippen LogP contribution in [-0.4, -0.2) is 55.9 Å². The van der Waals surface area contributed by atoms with Gasteiger partial charge in [-0.25, -0.2) is 0 Å². The highest BCUT2D eigenvalue weighted by atomic mass is 35.5. The molecule has 0 amide bonds. The molecule has 0 rings (SSSR count). The zero-order valence-corrected chi connectivity index (χ0v) is 6.35. The summed E-state index contributed by atoms with van der Waals surface area (Å²) in [6, 6.07) is 0. The van der Waals surface area contributed by atoms with Gasteiger partial charge in [-0.15, -0.1) is 12.4 Å². The molecule has 0 aliphatic rings. The van der Waals surface area contributed by atoms with Gasteiger partial charge in [0.1, 0.15) is 0 Å². The van der Waals surface area contributed by atoms with Crippen molar-refractivity contribution >= 4 is 35.5 Å². The van der Waals surface area contributed by atoms with Crippen LogP contribution in [0.15, 0.2) is 0 Å². The fraction of sp³-hybridized carbons (Fsp3) is 0. The summed E-state index contributed by atoms with van der Waals surface area (Å²) in [7, 11) is 0. The van der Waals surface area contributed by atoms with Crippen LogP contribution in [0.25, 0.3) is 0 Å². The monoisotopic (exact) mass is 168 g/mol. The molecule has 0 bridgehead atoms. The minimum atomic E-state index is 0. The van der Waals surface area contributed by atoms with Crippen LogP contribution in [0.3, 0.4) is 0 Å². The molecule has 2 radical (unpaired) electrons. The van der Waals surface area contributed by atoms with Crippen molar-refractivity contribution in [1.29, 1.82) is 0 Å². The van der Waals surface area contributed by atoms with Crippen molar-refractivity contribution in [2.75, 3.05) is 0 Å². The van der Waals surface area contributed by atoms with E-state index in [2.05, 4.69) is 0 Å². The molecule has 0 aliphatic carbocycles. The van der Waals surface area contributed by atoms with Gasteiger partial charge in [-0.05, 0) is 0 Å². The highest BCUT2D eigenvalue weighted by Gasteiger charge is 0.0000218. The minimum Gasteiger partial charge on any atom is -0.412 e. The molecule has 0 heterocycles. The van der Waals surface area contributed by atoms with Crippen LogP contribution < -0.4 is 0 Å². The third-order valence-corrected chi connectivity index (χ3v) is 0. The van der Waals surface area contributed by atoms with Crippen LogP contribution in [0.2, 0.25) is 0 Å². The lowest BCUT2D eigenvalue weighted by molar-refractivity contribution is 0.823. The van der Waals surface area contributed by atoms with Crippen LogP contribution in [0.4, 0.5) is 0 Å². The summed E-state index contributed by atoms with van der Waals surface area (Å²) in [6.07, 6.45) is 0. The largest absolute Gasteiger partial charge is 0.412 e. The van der Waals surface area contributed by atoms with Crippen LogP contribution in [0.1, 0.15) is 0 Å². The topological polar surface area (TPSA) is 189 Å². The fourth-order valence-electron chi connectivity index (χ4n) is 0. The second-order valence-corrected chi connectivity index (χ2v) is 0. The lowest BCUT2D eigenvalue weighted by Crippen LogP contribution is -0.381. The Balaban J connectivity index is 0. The Morgan fingerprint density at radius 1 is 0.375 bits per heavy atom. The summed E-state index contributed by atoms with van der Waals surface area (Å²) in [5, 5.41) is 0. The molecule has 8 heavy (non-hydrogen) atoms. The maximum absolute atomic E-state index is 0. The molecule has 8 heteroatoms. The van der Waals surface area contributed by atoms with Gasteiger partial charge >= 0.3 is 0 Å². The predicted octanol–water partition coefficient (Wildman–Crippen LogP) is -4.91. The van der Waals surface area contributed by atoms with E-state index in [0.717, 1.165) is 0 Å². The smallest absolute Gasteiger partial charge is 0 e. The molecular formula is H13ClMgO6. The summed E-state index contributed by atoms with van der Waals surface area (Å²) < 4.78 is 0. The van der Waals surface area contributed by atoms with Crippen molar-refractivity contribution in [3.8, 4) is 0 Å². The van der Waals surface area contributed by atoms with Crippen LogP contribution in [-0.2, 0) is 0 Å². The van der Waals surface area contributed by atoms with E-state index in [0.29, 0.717) is 0 Å². The zero-order chi connectivity index (χ0) is 0. The molecule has 0 aromatic heterocycles. The molecule has 6 nitrogen and oxygen atoms in total. The minimum absolute atomic E-state index is 0. The van der Waals surface area contributed by atoms with Gasteiger partial charge in [0.15, 0.2) is 0 Å². The third kappa shape index (κ3) is 346. The number of rotatable bonds is 0. The predicted molar refractivity (Wildman–Crippen MR) is 34.7 cm³/mol. The van der Waals surface area contributed by atoms with Crippen molar-refractivity contribution in [2.24, 2.45) is 0 Å². The Hall–Kier alpha value is 0.816. The highest BCUT2D eigenvalue weighted by molar-refractivity contribution is 5.85. The summed E-state index contributed by atoms with van der Waals surface area (Å²) in [4.78, 5) is 0. The van der Waals surface area contributed by atoms with Crippen molar-refractivity contribution in [1.82, 2.24) is 0 Å². The SMILES string of the molecule is Cl.O.O.O.O.O.O.[Mg]. The molecule has 12 N–H and O–H groups in total. The molecule has 0 saturated carbocycles. The molecule has 0 spiro atoms. The first-order valence-corrected chi connectivity index (χ1v) is 0. The second-order valence-electron chi connectivity index (χ2n) is 0. The molecule has 0 atom stereocenters. The van der Waals surface area contributed by atoms with E-state index < -0.39 is 0 Å². The number of hydrogen-bond acceptors (Lipinski definition) is 0. The lowest BCUT2D eigenvalue weighted by atomic mass is 16.0. The van der Waals surface area contributed by atoms with Gasteiger partial charge in [-0.1, -0.05) is 0 Å². The van der Waals surface area contributed by atoms with E-state index in [1.165, 1.54) is 0 Å². The van der Waals surface area contributed by atoms with Crippen molar-refractivity contribution in [3.05, 3.63) is 0 Å². The molecule has 0 saturated heterocycles.